The zero-order valence-corrected chi connectivity index (χ0v) is 12.8. The minimum atomic E-state index is -0.994. The molecule has 2 rings (SSSR count). The van der Waals surface area contributed by atoms with Gasteiger partial charge in [-0.15, -0.1) is 0 Å². The van der Waals surface area contributed by atoms with E-state index in [0.717, 1.165) is 11.1 Å². The number of hydrogen-bond acceptors (Lipinski definition) is 3. The number of benzene rings is 1. The summed E-state index contributed by atoms with van der Waals surface area (Å²) < 4.78 is 0. The number of carboxylic acids is 1. The molecule has 0 bridgehead atoms. The summed E-state index contributed by atoms with van der Waals surface area (Å²) >= 11 is 0. The second-order valence-corrected chi connectivity index (χ2v) is 5.64. The van der Waals surface area contributed by atoms with E-state index >= 15 is 0 Å². The third kappa shape index (κ3) is 3.63. The third-order valence-corrected chi connectivity index (χ3v) is 3.74. The Labute approximate surface area is 129 Å². The first kappa shape index (κ1) is 16.0. The van der Waals surface area contributed by atoms with Crippen LogP contribution in [0.1, 0.15) is 34.3 Å². The van der Waals surface area contributed by atoms with E-state index in [9.17, 15) is 14.4 Å². The quantitative estimate of drug-likeness (QED) is 0.872. The van der Waals surface area contributed by atoms with Crippen LogP contribution in [0.2, 0.25) is 0 Å². The Morgan fingerprint density at radius 2 is 1.86 bits per heavy atom. The molecule has 2 N–H and O–H groups in total. The van der Waals surface area contributed by atoms with E-state index in [-0.39, 0.29) is 18.4 Å². The van der Waals surface area contributed by atoms with Crippen molar-refractivity contribution in [1.82, 2.24) is 10.2 Å². The van der Waals surface area contributed by atoms with Gasteiger partial charge in [0.15, 0.2) is 0 Å². The van der Waals surface area contributed by atoms with Gasteiger partial charge in [-0.3, -0.25) is 9.59 Å². The van der Waals surface area contributed by atoms with Crippen molar-refractivity contribution in [2.24, 2.45) is 0 Å². The molecule has 0 unspecified atom stereocenters. The molecule has 0 saturated carbocycles. The highest BCUT2D eigenvalue weighted by Crippen LogP contribution is 2.17. The van der Waals surface area contributed by atoms with Crippen molar-refractivity contribution in [3.05, 3.63) is 34.9 Å². The average Bonchev–Trinajstić information content (AvgIpc) is 2.93. The van der Waals surface area contributed by atoms with E-state index in [4.69, 9.17) is 5.11 Å². The maximum Gasteiger partial charge on any atom is 0.326 e. The zero-order chi connectivity index (χ0) is 16.3. The third-order valence-electron chi connectivity index (χ3n) is 3.74. The molecule has 2 amide bonds. The summed E-state index contributed by atoms with van der Waals surface area (Å²) in [4.78, 5) is 36.6. The van der Waals surface area contributed by atoms with Crippen LogP contribution in [-0.4, -0.2) is 46.9 Å². The van der Waals surface area contributed by atoms with Gasteiger partial charge in [0.1, 0.15) is 6.04 Å². The highest BCUT2D eigenvalue weighted by molar-refractivity contribution is 5.97. The first-order chi connectivity index (χ1) is 10.4. The normalized spacial score (nSPS) is 17.4. The summed E-state index contributed by atoms with van der Waals surface area (Å²) in [6, 6.07) is 4.69. The number of hydrogen-bond donors (Lipinski definition) is 2. The fraction of sp³-hybridized carbons (Fsp3) is 0.438. The molecule has 0 aromatic heterocycles. The average molecular weight is 304 g/mol. The number of likely N-dealkylation sites (tertiary alicyclic amines) is 1. The summed E-state index contributed by atoms with van der Waals surface area (Å²) in [5, 5.41) is 11.6. The molecule has 1 heterocycles. The number of amides is 2. The van der Waals surface area contributed by atoms with Gasteiger partial charge >= 0.3 is 5.97 Å². The molecule has 1 aliphatic heterocycles. The lowest BCUT2D eigenvalue weighted by Gasteiger charge is -2.21. The Balaban J connectivity index is 1.96. The lowest BCUT2D eigenvalue weighted by atomic mass is 10.1. The smallest absolute Gasteiger partial charge is 0.326 e. The Hall–Kier alpha value is -2.37. The minimum Gasteiger partial charge on any atom is -0.480 e. The van der Waals surface area contributed by atoms with Crippen LogP contribution in [0.3, 0.4) is 0 Å². The highest BCUT2D eigenvalue weighted by Gasteiger charge is 2.33. The minimum absolute atomic E-state index is 0.185. The molecule has 1 atom stereocenters. The van der Waals surface area contributed by atoms with Crippen LogP contribution in [0, 0.1) is 13.8 Å². The van der Waals surface area contributed by atoms with Gasteiger partial charge in [-0.25, -0.2) is 4.79 Å². The topological polar surface area (TPSA) is 86.7 Å². The van der Waals surface area contributed by atoms with Crippen molar-refractivity contribution in [2.45, 2.75) is 32.7 Å². The van der Waals surface area contributed by atoms with Gasteiger partial charge in [0, 0.05) is 12.1 Å². The molecule has 6 nitrogen and oxygen atoms in total. The second kappa shape index (κ2) is 6.60. The molecule has 1 aliphatic rings. The van der Waals surface area contributed by atoms with Crippen molar-refractivity contribution >= 4 is 17.8 Å². The Morgan fingerprint density at radius 3 is 2.45 bits per heavy atom. The number of aryl methyl sites for hydroxylation is 2. The molecule has 0 spiro atoms. The van der Waals surface area contributed by atoms with Crippen molar-refractivity contribution < 1.29 is 19.5 Å². The predicted molar refractivity (Wildman–Crippen MR) is 80.6 cm³/mol. The maximum absolute atomic E-state index is 12.1. The van der Waals surface area contributed by atoms with Crippen molar-refractivity contribution in [1.29, 1.82) is 0 Å². The Bertz CT molecular complexity index is 592. The number of aliphatic carboxylic acids is 1. The molecular weight excluding hydrogens is 284 g/mol. The molecule has 1 aromatic rings. The van der Waals surface area contributed by atoms with Gasteiger partial charge in [-0.2, -0.15) is 0 Å². The highest BCUT2D eigenvalue weighted by atomic mass is 16.4. The van der Waals surface area contributed by atoms with Gasteiger partial charge in [-0.1, -0.05) is 17.2 Å². The summed E-state index contributed by atoms with van der Waals surface area (Å²) in [5.74, 6) is -1.68. The first-order valence-corrected chi connectivity index (χ1v) is 7.27. The molecule has 22 heavy (non-hydrogen) atoms. The van der Waals surface area contributed by atoms with E-state index in [0.29, 0.717) is 24.9 Å². The van der Waals surface area contributed by atoms with Gasteiger partial charge in [0.2, 0.25) is 5.91 Å². The van der Waals surface area contributed by atoms with Gasteiger partial charge < -0.3 is 15.3 Å². The number of carbonyl (C=O) groups is 3. The molecule has 1 aromatic carbocycles. The summed E-state index contributed by atoms with van der Waals surface area (Å²) in [5.41, 5.74) is 2.45. The van der Waals surface area contributed by atoms with Crippen LogP contribution in [0.25, 0.3) is 0 Å². The first-order valence-electron chi connectivity index (χ1n) is 7.27. The van der Waals surface area contributed by atoms with E-state index in [2.05, 4.69) is 5.32 Å². The largest absolute Gasteiger partial charge is 0.480 e. The number of carboxylic acid groups (broad SMARTS) is 1. The Kier molecular flexibility index (Phi) is 4.80. The van der Waals surface area contributed by atoms with E-state index < -0.39 is 12.0 Å². The zero-order valence-electron chi connectivity index (χ0n) is 12.8. The number of rotatable bonds is 4. The van der Waals surface area contributed by atoms with Crippen LogP contribution >= 0.6 is 0 Å². The monoisotopic (exact) mass is 304 g/mol. The second-order valence-electron chi connectivity index (χ2n) is 5.64. The molecular formula is C16H20N2O4. The molecule has 0 radical (unpaired) electrons. The van der Waals surface area contributed by atoms with Crippen molar-refractivity contribution in [3.63, 3.8) is 0 Å². The van der Waals surface area contributed by atoms with E-state index in [1.807, 2.05) is 19.9 Å². The molecule has 6 heteroatoms. The van der Waals surface area contributed by atoms with Crippen LogP contribution in [-0.2, 0) is 9.59 Å². The van der Waals surface area contributed by atoms with Crippen molar-refractivity contribution in [3.8, 4) is 0 Å². The van der Waals surface area contributed by atoms with Gasteiger partial charge in [-0.05, 0) is 38.8 Å². The molecule has 118 valence electrons. The van der Waals surface area contributed by atoms with E-state index in [1.54, 1.807) is 12.1 Å². The predicted octanol–water partition coefficient (Wildman–Crippen LogP) is 1.11. The van der Waals surface area contributed by atoms with Crippen molar-refractivity contribution in [2.75, 3.05) is 13.1 Å². The lowest BCUT2D eigenvalue weighted by molar-refractivity contribution is -0.147. The number of nitrogens with zero attached hydrogens (tertiary/aromatic N) is 1. The van der Waals surface area contributed by atoms with Crippen LogP contribution < -0.4 is 5.32 Å². The fourth-order valence-electron chi connectivity index (χ4n) is 2.79. The molecule has 1 fully saturated rings. The SMILES string of the molecule is Cc1cc(C)cc(C(=O)NCC(=O)N2CCC[C@H]2C(=O)O)c1. The summed E-state index contributed by atoms with van der Waals surface area (Å²) in [7, 11) is 0. The summed E-state index contributed by atoms with van der Waals surface area (Å²) in [6.07, 6.45) is 1.14. The number of carbonyl (C=O) groups excluding carboxylic acids is 2. The molecule has 0 aliphatic carbocycles. The lowest BCUT2D eigenvalue weighted by Crippen LogP contribution is -2.45. The van der Waals surface area contributed by atoms with Crippen LogP contribution in [0.15, 0.2) is 18.2 Å². The Morgan fingerprint density at radius 1 is 1.23 bits per heavy atom. The fourth-order valence-corrected chi connectivity index (χ4v) is 2.79. The maximum atomic E-state index is 12.1. The van der Waals surface area contributed by atoms with Gasteiger partial charge in [0.25, 0.3) is 5.91 Å². The number of nitrogens with one attached hydrogen (secondary N) is 1. The van der Waals surface area contributed by atoms with Gasteiger partial charge in [0.05, 0.1) is 6.54 Å². The van der Waals surface area contributed by atoms with Crippen LogP contribution in [0.5, 0.6) is 0 Å². The standard InChI is InChI=1S/C16H20N2O4/c1-10-6-11(2)8-12(7-10)15(20)17-9-14(19)18-5-3-4-13(18)16(21)22/h6-8,13H,3-5,9H2,1-2H3,(H,17,20)(H,21,22)/t13-/m0/s1. The van der Waals surface area contributed by atoms with Crippen LogP contribution in [0.4, 0.5) is 0 Å². The summed E-state index contributed by atoms with van der Waals surface area (Å²) in [6.45, 7) is 4.04. The van der Waals surface area contributed by atoms with E-state index in [1.165, 1.54) is 4.90 Å². The molecule has 1 saturated heterocycles.